The number of aliphatic hydroxyl groups excluding tert-OH is 5. The molecule has 0 aliphatic carbocycles. The lowest BCUT2D eigenvalue weighted by atomic mass is 9.98. The second kappa shape index (κ2) is 7.97. The molecular weight excluding hydrogens is 316 g/mol. The van der Waals surface area contributed by atoms with Gasteiger partial charge in [-0.3, -0.25) is 9.59 Å². The van der Waals surface area contributed by atoms with E-state index in [9.17, 15) is 30.0 Å². The Bertz CT molecular complexity index is 431. The maximum atomic E-state index is 11.7. The van der Waals surface area contributed by atoms with Crippen molar-refractivity contribution in [2.75, 3.05) is 6.61 Å². The number of nitrogens with zero attached hydrogens (tertiary/aromatic N) is 1. The average Bonchev–Trinajstić information content (AvgIpc) is 2.46. The Morgan fingerprint density at radius 2 is 1.78 bits per heavy atom. The van der Waals surface area contributed by atoms with E-state index in [1.807, 2.05) is 0 Å². The third-order valence-corrected chi connectivity index (χ3v) is 3.49. The molecule has 0 bridgehead atoms. The number of hydrogen-bond donors (Lipinski definition) is 7. The summed E-state index contributed by atoms with van der Waals surface area (Å²) in [6.45, 7) is 1.51. The Morgan fingerprint density at radius 1 is 1.22 bits per heavy atom. The summed E-state index contributed by atoms with van der Waals surface area (Å²) in [6.07, 6.45) is -9.36. The highest BCUT2D eigenvalue weighted by Crippen LogP contribution is 2.23. The van der Waals surface area contributed by atoms with Gasteiger partial charge in [0.2, 0.25) is 5.91 Å². The fourth-order valence-electron chi connectivity index (χ4n) is 2.16. The lowest BCUT2D eigenvalue weighted by molar-refractivity contribution is -0.270. The molecule has 1 fully saturated rings. The van der Waals surface area contributed by atoms with Crippen molar-refractivity contribution < 1.29 is 45.0 Å². The first-order valence-corrected chi connectivity index (χ1v) is 6.89. The molecule has 0 spiro atoms. The molecule has 0 radical (unpaired) electrons. The number of carbonyl (C=O) groups is 2. The second-order valence-electron chi connectivity index (χ2n) is 5.29. The van der Waals surface area contributed by atoms with Crippen LogP contribution in [0.3, 0.4) is 0 Å². The van der Waals surface area contributed by atoms with Crippen LogP contribution in [0.15, 0.2) is 0 Å². The van der Waals surface area contributed by atoms with Crippen molar-refractivity contribution in [3.05, 3.63) is 0 Å². The Labute approximate surface area is 131 Å². The zero-order chi connectivity index (χ0) is 17.9. The highest BCUT2D eigenvalue weighted by Gasteiger charge is 2.47. The number of carboxylic acids is 1. The van der Waals surface area contributed by atoms with Gasteiger partial charge in [-0.1, -0.05) is 0 Å². The van der Waals surface area contributed by atoms with Gasteiger partial charge in [-0.05, 0) is 6.92 Å². The van der Waals surface area contributed by atoms with E-state index in [-0.39, 0.29) is 0 Å². The van der Waals surface area contributed by atoms with E-state index in [2.05, 4.69) is 5.43 Å². The molecule has 11 heteroatoms. The largest absolute Gasteiger partial charge is 0.480 e. The van der Waals surface area contributed by atoms with E-state index < -0.39 is 61.3 Å². The molecular formula is C12H22N2O9. The first kappa shape index (κ1) is 19.7. The summed E-state index contributed by atoms with van der Waals surface area (Å²) < 4.78 is 5.17. The van der Waals surface area contributed by atoms with Gasteiger partial charge >= 0.3 is 5.97 Å². The highest BCUT2D eigenvalue weighted by atomic mass is 16.6. The third kappa shape index (κ3) is 4.35. The number of rotatable bonds is 6. The minimum Gasteiger partial charge on any atom is -0.480 e. The highest BCUT2D eigenvalue weighted by molar-refractivity contribution is 5.76. The monoisotopic (exact) mass is 338 g/mol. The van der Waals surface area contributed by atoms with E-state index in [4.69, 9.17) is 14.9 Å². The van der Waals surface area contributed by atoms with Gasteiger partial charge in [0.25, 0.3) is 0 Å². The molecule has 1 aliphatic rings. The van der Waals surface area contributed by atoms with Crippen LogP contribution in [0.4, 0.5) is 0 Å². The number of carboxylic acid groups (broad SMARTS) is 1. The van der Waals surface area contributed by atoms with Crippen molar-refractivity contribution in [2.45, 2.75) is 56.6 Å². The minimum atomic E-state index is -1.77. The molecule has 0 saturated carbocycles. The molecule has 7 N–H and O–H groups in total. The number of nitrogens with one attached hydrogen (secondary N) is 1. The summed E-state index contributed by atoms with van der Waals surface area (Å²) in [5.41, 5.74) is 2.21. The Morgan fingerprint density at radius 3 is 2.17 bits per heavy atom. The minimum absolute atomic E-state index is 0.591. The number of carbonyl (C=O) groups excluding carboxylic acids is 1. The molecule has 1 aliphatic heterocycles. The van der Waals surface area contributed by atoms with Crippen LogP contribution < -0.4 is 5.43 Å². The number of aliphatic carboxylic acids is 1. The van der Waals surface area contributed by atoms with Gasteiger partial charge in [-0.15, -0.1) is 0 Å². The fourth-order valence-corrected chi connectivity index (χ4v) is 2.16. The first-order valence-electron chi connectivity index (χ1n) is 6.89. The molecule has 1 unspecified atom stereocenters. The third-order valence-electron chi connectivity index (χ3n) is 3.49. The number of hydrazine groups is 1. The summed E-state index contributed by atoms with van der Waals surface area (Å²) in [7, 11) is 0. The standard InChI is InChI=1S/C12H22N2O9/c1-4(16)7(12(21)22)13-14(5(2)17)11-10(20)9(19)8(18)6(3-15)23-11/h4,6-11,13,15-16,18-20H,3H2,1-2H3,(H,21,22)/t4-,6-,7+,8-,9+,10-,11?/m1/s1. The lowest BCUT2D eigenvalue weighted by Crippen LogP contribution is -2.68. The Balaban J connectivity index is 3.04. The van der Waals surface area contributed by atoms with Crippen LogP contribution in [0.5, 0.6) is 0 Å². The predicted octanol–water partition coefficient (Wildman–Crippen LogP) is -4.03. The summed E-state index contributed by atoms with van der Waals surface area (Å²) in [4.78, 5) is 22.9. The lowest BCUT2D eigenvalue weighted by Gasteiger charge is -2.44. The van der Waals surface area contributed by atoms with Gasteiger partial charge in [-0.25, -0.2) is 10.4 Å². The normalized spacial score (nSPS) is 33.8. The summed E-state index contributed by atoms with van der Waals surface area (Å²) >= 11 is 0. The Hall–Kier alpha value is -1.34. The van der Waals surface area contributed by atoms with Crippen LogP contribution in [0.1, 0.15) is 13.8 Å². The van der Waals surface area contributed by atoms with E-state index in [0.717, 1.165) is 6.92 Å². The van der Waals surface area contributed by atoms with E-state index in [0.29, 0.717) is 5.01 Å². The van der Waals surface area contributed by atoms with E-state index >= 15 is 0 Å². The van der Waals surface area contributed by atoms with Crippen LogP contribution in [0, 0.1) is 0 Å². The second-order valence-corrected chi connectivity index (χ2v) is 5.29. The number of ether oxygens (including phenoxy) is 1. The number of aliphatic hydroxyl groups is 5. The van der Waals surface area contributed by atoms with Crippen molar-refractivity contribution in [1.82, 2.24) is 10.4 Å². The van der Waals surface area contributed by atoms with Crippen LogP contribution >= 0.6 is 0 Å². The van der Waals surface area contributed by atoms with Crippen molar-refractivity contribution in [2.24, 2.45) is 0 Å². The van der Waals surface area contributed by atoms with Crippen LogP contribution in [0.25, 0.3) is 0 Å². The average molecular weight is 338 g/mol. The predicted molar refractivity (Wildman–Crippen MR) is 72.5 cm³/mol. The fraction of sp³-hybridized carbons (Fsp3) is 0.833. The topological polar surface area (TPSA) is 180 Å². The quantitative estimate of drug-likeness (QED) is 0.236. The molecule has 0 aromatic carbocycles. The summed E-state index contributed by atoms with van der Waals surface area (Å²) in [5, 5.41) is 57.6. The number of amides is 1. The van der Waals surface area contributed by atoms with Crippen LogP contribution in [-0.2, 0) is 14.3 Å². The van der Waals surface area contributed by atoms with Gasteiger partial charge in [0, 0.05) is 6.92 Å². The van der Waals surface area contributed by atoms with Crippen LogP contribution in [-0.4, -0.2) is 96.9 Å². The molecule has 134 valence electrons. The first-order chi connectivity index (χ1) is 10.6. The zero-order valence-corrected chi connectivity index (χ0v) is 12.6. The van der Waals surface area contributed by atoms with Gasteiger partial charge in [0.1, 0.15) is 30.5 Å². The molecule has 1 saturated heterocycles. The molecule has 0 aromatic heterocycles. The van der Waals surface area contributed by atoms with E-state index in [1.54, 1.807) is 0 Å². The molecule has 1 heterocycles. The Kier molecular flexibility index (Phi) is 6.83. The van der Waals surface area contributed by atoms with Crippen molar-refractivity contribution in [3.8, 4) is 0 Å². The maximum absolute atomic E-state index is 11.7. The molecule has 0 aromatic rings. The van der Waals surface area contributed by atoms with Gasteiger partial charge in [0.15, 0.2) is 6.23 Å². The molecule has 1 rings (SSSR count). The zero-order valence-electron chi connectivity index (χ0n) is 12.6. The van der Waals surface area contributed by atoms with E-state index in [1.165, 1.54) is 6.92 Å². The molecule has 7 atom stereocenters. The van der Waals surface area contributed by atoms with Crippen LogP contribution in [0.2, 0.25) is 0 Å². The van der Waals surface area contributed by atoms with Crippen molar-refractivity contribution in [1.29, 1.82) is 0 Å². The van der Waals surface area contributed by atoms with Gasteiger partial charge in [-0.2, -0.15) is 0 Å². The molecule has 23 heavy (non-hydrogen) atoms. The maximum Gasteiger partial charge on any atom is 0.325 e. The molecule has 1 amide bonds. The van der Waals surface area contributed by atoms with Crippen molar-refractivity contribution in [3.63, 3.8) is 0 Å². The summed E-state index contributed by atoms with van der Waals surface area (Å²) in [6, 6.07) is -1.59. The smallest absolute Gasteiger partial charge is 0.325 e. The SMILES string of the molecule is CC(=O)N(N[C@H](C(=O)O)[C@@H](C)O)C1O[C@H](CO)[C@@H](O)[C@H](O)[C@H]1O. The van der Waals surface area contributed by atoms with Gasteiger partial charge < -0.3 is 35.4 Å². The summed E-state index contributed by atoms with van der Waals surface area (Å²) in [5.74, 6) is -2.24. The van der Waals surface area contributed by atoms with Crippen molar-refractivity contribution >= 4 is 11.9 Å². The number of hydrogen-bond acceptors (Lipinski definition) is 9. The van der Waals surface area contributed by atoms with Gasteiger partial charge in [0.05, 0.1) is 12.7 Å². The molecule has 11 nitrogen and oxygen atoms in total.